The Morgan fingerprint density at radius 2 is 2.00 bits per heavy atom. The second-order valence-corrected chi connectivity index (χ2v) is 6.34. The number of hydrogen-bond donors (Lipinski definition) is 1. The number of carbonyl (C=O) groups is 2. The molecule has 0 bridgehead atoms. The van der Waals surface area contributed by atoms with Crippen molar-refractivity contribution < 1.29 is 14.3 Å². The van der Waals surface area contributed by atoms with E-state index in [9.17, 15) is 9.59 Å². The number of nitrogens with zero attached hydrogens (tertiary/aromatic N) is 3. The molecule has 0 spiro atoms. The molecule has 2 amide bonds. The van der Waals surface area contributed by atoms with E-state index in [2.05, 4.69) is 10.4 Å². The van der Waals surface area contributed by atoms with Gasteiger partial charge in [-0.25, -0.2) is 4.68 Å². The molecule has 130 valence electrons. The third-order valence-corrected chi connectivity index (χ3v) is 4.71. The molecule has 1 fully saturated rings. The standard InChI is InChI=1S/C18H20N4O3/c23-16(21-6-8-25-9-7-21)10-14-12-22-17(20-18(14)24)15(11-19-22)13-4-2-1-3-5-13/h1-5,11,14H,6-10,12H2,(H,20,24). The van der Waals surface area contributed by atoms with Crippen LogP contribution in [-0.4, -0.2) is 52.8 Å². The molecule has 1 unspecified atom stereocenters. The number of rotatable bonds is 3. The lowest BCUT2D eigenvalue weighted by Crippen LogP contribution is -2.43. The number of hydrogen-bond acceptors (Lipinski definition) is 4. The summed E-state index contributed by atoms with van der Waals surface area (Å²) < 4.78 is 7.04. The van der Waals surface area contributed by atoms with E-state index in [1.807, 2.05) is 30.3 Å². The number of ether oxygens (including phenoxy) is 1. The van der Waals surface area contributed by atoms with Crippen molar-refractivity contribution in [3.63, 3.8) is 0 Å². The maximum atomic E-state index is 12.5. The van der Waals surface area contributed by atoms with Gasteiger partial charge in [-0.3, -0.25) is 9.59 Å². The topological polar surface area (TPSA) is 76.5 Å². The summed E-state index contributed by atoms with van der Waals surface area (Å²) in [5, 5.41) is 7.33. The van der Waals surface area contributed by atoms with Crippen LogP contribution in [0.15, 0.2) is 36.5 Å². The third kappa shape index (κ3) is 3.15. The first-order chi connectivity index (χ1) is 12.2. The molecule has 0 aliphatic carbocycles. The van der Waals surface area contributed by atoms with Gasteiger partial charge >= 0.3 is 0 Å². The Bertz CT molecular complexity index is 781. The Kier molecular flexibility index (Phi) is 4.23. The van der Waals surface area contributed by atoms with E-state index in [0.29, 0.717) is 38.7 Å². The molecule has 4 rings (SSSR count). The van der Waals surface area contributed by atoms with Gasteiger partial charge in [0, 0.05) is 25.1 Å². The van der Waals surface area contributed by atoms with Crippen LogP contribution in [-0.2, 0) is 20.9 Å². The zero-order valence-electron chi connectivity index (χ0n) is 13.9. The predicted octanol–water partition coefficient (Wildman–Crippen LogP) is 1.37. The molecule has 0 saturated carbocycles. The van der Waals surface area contributed by atoms with Gasteiger partial charge in [-0.2, -0.15) is 5.10 Å². The fourth-order valence-electron chi connectivity index (χ4n) is 3.30. The lowest BCUT2D eigenvalue weighted by Gasteiger charge is -2.29. The van der Waals surface area contributed by atoms with E-state index in [1.165, 1.54) is 0 Å². The molecule has 3 heterocycles. The molecule has 2 aliphatic heterocycles. The van der Waals surface area contributed by atoms with E-state index in [4.69, 9.17) is 4.74 Å². The highest BCUT2D eigenvalue weighted by molar-refractivity contribution is 5.98. The molecule has 1 saturated heterocycles. The summed E-state index contributed by atoms with van der Waals surface area (Å²) >= 11 is 0. The fraction of sp³-hybridized carbons (Fsp3) is 0.389. The average molecular weight is 340 g/mol. The second-order valence-electron chi connectivity index (χ2n) is 6.34. The zero-order chi connectivity index (χ0) is 17.2. The molecular weight excluding hydrogens is 320 g/mol. The maximum absolute atomic E-state index is 12.5. The zero-order valence-corrected chi connectivity index (χ0v) is 13.9. The van der Waals surface area contributed by atoms with Crippen LogP contribution >= 0.6 is 0 Å². The molecule has 0 radical (unpaired) electrons. The van der Waals surface area contributed by atoms with Gasteiger partial charge in [-0.1, -0.05) is 30.3 Å². The minimum atomic E-state index is -0.397. The van der Waals surface area contributed by atoms with Gasteiger partial charge in [-0.15, -0.1) is 0 Å². The average Bonchev–Trinajstić information content (AvgIpc) is 3.06. The molecule has 2 aromatic rings. The fourth-order valence-corrected chi connectivity index (χ4v) is 3.30. The summed E-state index contributed by atoms with van der Waals surface area (Å²) in [6.07, 6.45) is 1.96. The Morgan fingerprint density at radius 3 is 2.76 bits per heavy atom. The molecule has 1 atom stereocenters. The highest BCUT2D eigenvalue weighted by Gasteiger charge is 2.32. The molecule has 2 aliphatic rings. The summed E-state index contributed by atoms with van der Waals surface area (Å²) in [6.45, 7) is 2.74. The van der Waals surface area contributed by atoms with Gasteiger partial charge in [0.2, 0.25) is 11.8 Å². The van der Waals surface area contributed by atoms with Crippen molar-refractivity contribution >= 4 is 17.6 Å². The van der Waals surface area contributed by atoms with Gasteiger partial charge in [0.25, 0.3) is 0 Å². The molecule has 1 aromatic carbocycles. The van der Waals surface area contributed by atoms with Crippen LogP contribution in [0.3, 0.4) is 0 Å². The summed E-state index contributed by atoms with van der Waals surface area (Å²) in [5.41, 5.74) is 1.90. The second kappa shape index (κ2) is 6.68. The number of carbonyl (C=O) groups excluding carboxylic acids is 2. The van der Waals surface area contributed by atoms with Crippen molar-refractivity contribution in [3.05, 3.63) is 36.5 Å². The van der Waals surface area contributed by atoms with E-state index in [1.54, 1.807) is 15.8 Å². The first-order valence-corrected chi connectivity index (χ1v) is 8.50. The van der Waals surface area contributed by atoms with Crippen LogP contribution in [0.1, 0.15) is 6.42 Å². The van der Waals surface area contributed by atoms with Crippen LogP contribution in [0.4, 0.5) is 5.82 Å². The number of fused-ring (bicyclic) bond motifs is 1. The summed E-state index contributed by atoms with van der Waals surface area (Å²) in [7, 11) is 0. The van der Waals surface area contributed by atoms with Gasteiger partial charge < -0.3 is 15.0 Å². The monoisotopic (exact) mass is 340 g/mol. The molecule has 25 heavy (non-hydrogen) atoms. The Hall–Kier alpha value is -2.67. The van der Waals surface area contributed by atoms with E-state index in [-0.39, 0.29) is 18.2 Å². The lowest BCUT2D eigenvalue weighted by molar-refractivity contribution is -0.138. The van der Waals surface area contributed by atoms with E-state index in [0.717, 1.165) is 11.1 Å². The van der Waals surface area contributed by atoms with Gasteiger partial charge in [0.15, 0.2) is 0 Å². The van der Waals surface area contributed by atoms with Crippen LogP contribution in [0.2, 0.25) is 0 Å². The summed E-state index contributed by atoms with van der Waals surface area (Å²) in [4.78, 5) is 26.7. The quantitative estimate of drug-likeness (QED) is 0.915. The van der Waals surface area contributed by atoms with Crippen molar-refractivity contribution in [2.45, 2.75) is 13.0 Å². The first kappa shape index (κ1) is 15.8. The van der Waals surface area contributed by atoms with Crippen molar-refractivity contribution in [3.8, 4) is 11.1 Å². The largest absolute Gasteiger partial charge is 0.378 e. The van der Waals surface area contributed by atoms with Gasteiger partial charge in [0.1, 0.15) is 5.82 Å². The number of amides is 2. The van der Waals surface area contributed by atoms with Crippen molar-refractivity contribution in [2.75, 3.05) is 31.6 Å². The van der Waals surface area contributed by atoms with Crippen molar-refractivity contribution in [1.29, 1.82) is 0 Å². The minimum absolute atomic E-state index is 0.00217. The molecule has 1 aromatic heterocycles. The molecular formula is C18H20N4O3. The molecule has 1 N–H and O–H groups in total. The Balaban J connectivity index is 1.49. The molecule has 7 heteroatoms. The van der Waals surface area contributed by atoms with E-state index >= 15 is 0 Å². The normalized spacial score (nSPS) is 20.1. The van der Waals surface area contributed by atoms with Crippen molar-refractivity contribution in [1.82, 2.24) is 14.7 Å². The van der Waals surface area contributed by atoms with Crippen LogP contribution in [0.5, 0.6) is 0 Å². The lowest BCUT2D eigenvalue weighted by atomic mass is 10.0. The van der Waals surface area contributed by atoms with Crippen LogP contribution < -0.4 is 5.32 Å². The van der Waals surface area contributed by atoms with Gasteiger partial charge in [0.05, 0.1) is 31.9 Å². The third-order valence-electron chi connectivity index (χ3n) is 4.71. The number of aromatic nitrogens is 2. The first-order valence-electron chi connectivity index (χ1n) is 8.50. The number of nitrogens with one attached hydrogen (secondary N) is 1. The number of morpholine rings is 1. The Labute approximate surface area is 145 Å². The van der Waals surface area contributed by atoms with E-state index < -0.39 is 5.92 Å². The highest BCUT2D eigenvalue weighted by atomic mass is 16.5. The number of anilines is 1. The summed E-state index contributed by atoms with van der Waals surface area (Å²) in [5.74, 6) is 0.187. The minimum Gasteiger partial charge on any atom is -0.378 e. The van der Waals surface area contributed by atoms with Crippen LogP contribution in [0, 0.1) is 5.92 Å². The smallest absolute Gasteiger partial charge is 0.231 e. The molecule has 7 nitrogen and oxygen atoms in total. The van der Waals surface area contributed by atoms with Crippen molar-refractivity contribution in [2.24, 2.45) is 5.92 Å². The van der Waals surface area contributed by atoms with Crippen LogP contribution in [0.25, 0.3) is 11.1 Å². The maximum Gasteiger partial charge on any atom is 0.231 e. The van der Waals surface area contributed by atoms with Gasteiger partial charge in [-0.05, 0) is 5.56 Å². The SMILES string of the molecule is O=C1Nc2c(-c3ccccc3)cnn2CC1CC(=O)N1CCOCC1. The highest BCUT2D eigenvalue weighted by Crippen LogP contribution is 2.31. The summed E-state index contributed by atoms with van der Waals surface area (Å²) in [6, 6.07) is 9.82. The predicted molar refractivity (Wildman–Crippen MR) is 91.8 cm³/mol. The Morgan fingerprint density at radius 1 is 1.24 bits per heavy atom. The number of benzene rings is 1.